The monoisotopic (exact) mass is 282 g/mol. The van der Waals surface area contributed by atoms with Crippen molar-refractivity contribution in [3.8, 4) is 5.75 Å². The highest BCUT2D eigenvalue weighted by Gasteiger charge is 2.15. The predicted octanol–water partition coefficient (Wildman–Crippen LogP) is 2.86. The van der Waals surface area contributed by atoms with E-state index in [1.807, 2.05) is 38.1 Å². The molecule has 0 saturated heterocycles. The Bertz CT molecular complexity index is 723. The molecule has 0 aliphatic carbocycles. The minimum Gasteiger partial charge on any atom is -0.505 e. The molecule has 0 spiro atoms. The summed E-state index contributed by atoms with van der Waals surface area (Å²) in [5, 5.41) is 16.1. The molecule has 0 atom stereocenters. The van der Waals surface area contributed by atoms with Crippen molar-refractivity contribution >= 4 is 11.6 Å². The highest BCUT2D eigenvalue weighted by atomic mass is 16.3. The molecule has 0 fully saturated rings. The summed E-state index contributed by atoms with van der Waals surface area (Å²) in [6, 6.07) is 9.36. The number of hydrogen-bond donors (Lipinski definition) is 3. The molecule has 4 heteroatoms. The molecular formula is C17H18N2O2. The zero-order valence-electron chi connectivity index (χ0n) is 12.2. The van der Waals surface area contributed by atoms with E-state index in [1.54, 1.807) is 6.07 Å². The predicted molar refractivity (Wildman–Crippen MR) is 82.5 cm³/mol. The number of rotatable bonds is 2. The molecule has 1 aliphatic rings. The van der Waals surface area contributed by atoms with Crippen LogP contribution < -0.4 is 10.6 Å². The maximum atomic E-state index is 12.3. The van der Waals surface area contributed by atoms with Crippen LogP contribution in [0.15, 0.2) is 30.3 Å². The van der Waals surface area contributed by atoms with Gasteiger partial charge in [-0.15, -0.1) is 0 Å². The molecule has 4 nitrogen and oxygen atoms in total. The van der Waals surface area contributed by atoms with Gasteiger partial charge in [0.1, 0.15) is 5.75 Å². The van der Waals surface area contributed by atoms with Crippen LogP contribution in [0.25, 0.3) is 0 Å². The summed E-state index contributed by atoms with van der Waals surface area (Å²) in [5.74, 6) is -0.0817. The van der Waals surface area contributed by atoms with E-state index < -0.39 is 0 Å². The van der Waals surface area contributed by atoms with Crippen molar-refractivity contribution in [2.45, 2.75) is 26.9 Å². The summed E-state index contributed by atoms with van der Waals surface area (Å²) < 4.78 is 0. The number of phenolic OH excluding ortho intramolecular Hbond substituents is 1. The Kier molecular flexibility index (Phi) is 3.39. The second-order valence-electron chi connectivity index (χ2n) is 5.52. The van der Waals surface area contributed by atoms with Gasteiger partial charge in [0.25, 0.3) is 5.91 Å². The van der Waals surface area contributed by atoms with Gasteiger partial charge in [-0.05, 0) is 54.3 Å². The Balaban J connectivity index is 1.87. The summed E-state index contributed by atoms with van der Waals surface area (Å²) in [7, 11) is 0. The first-order valence-electron chi connectivity index (χ1n) is 6.98. The molecule has 1 amide bonds. The van der Waals surface area contributed by atoms with Crippen LogP contribution in [-0.4, -0.2) is 11.0 Å². The van der Waals surface area contributed by atoms with Gasteiger partial charge in [-0.3, -0.25) is 4.79 Å². The lowest BCUT2D eigenvalue weighted by Crippen LogP contribution is -2.12. The molecule has 1 heterocycles. The molecule has 0 aromatic heterocycles. The number of phenols is 1. The summed E-state index contributed by atoms with van der Waals surface area (Å²) in [6.07, 6.45) is 0. The average molecular weight is 282 g/mol. The highest BCUT2D eigenvalue weighted by molar-refractivity contribution is 6.05. The SMILES string of the molecule is Cc1cc(C)c(O)c(NC(=O)c2ccc3c(c2)CNC3)c1. The van der Waals surface area contributed by atoms with E-state index in [2.05, 4.69) is 10.6 Å². The van der Waals surface area contributed by atoms with Gasteiger partial charge < -0.3 is 15.7 Å². The second-order valence-corrected chi connectivity index (χ2v) is 5.52. The smallest absolute Gasteiger partial charge is 0.255 e. The lowest BCUT2D eigenvalue weighted by molar-refractivity contribution is 0.102. The van der Waals surface area contributed by atoms with Gasteiger partial charge in [0.05, 0.1) is 5.69 Å². The normalized spacial score (nSPS) is 13.0. The quantitative estimate of drug-likeness (QED) is 0.742. The molecule has 108 valence electrons. The Morgan fingerprint density at radius 2 is 1.90 bits per heavy atom. The van der Waals surface area contributed by atoms with Gasteiger partial charge >= 0.3 is 0 Å². The molecular weight excluding hydrogens is 264 g/mol. The van der Waals surface area contributed by atoms with Crippen LogP contribution >= 0.6 is 0 Å². The van der Waals surface area contributed by atoms with Crippen LogP contribution in [0.1, 0.15) is 32.6 Å². The standard InChI is InChI=1S/C17H18N2O2/c1-10-5-11(2)16(20)15(6-10)19-17(21)12-3-4-13-8-18-9-14(13)7-12/h3-7,18,20H,8-9H2,1-2H3,(H,19,21). The van der Waals surface area contributed by atoms with Crippen LogP contribution in [0.2, 0.25) is 0 Å². The van der Waals surface area contributed by atoms with E-state index in [9.17, 15) is 9.90 Å². The van der Waals surface area contributed by atoms with Crippen molar-refractivity contribution in [3.63, 3.8) is 0 Å². The van der Waals surface area contributed by atoms with E-state index in [0.29, 0.717) is 11.3 Å². The molecule has 1 aliphatic heterocycles. The molecule has 0 unspecified atom stereocenters. The highest BCUT2D eigenvalue weighted by Crippen LogP contribution is 2.29. The van der Waals surface area contributed by atoms with E-state index in [0.717, 1.165) is 29.8 Å². The van der Waals surface area contributed by atoms with E-state index in [4.69, 9.17) is 0 Å². The third kappa shape index (κ3) is 2.62. The van der Waals surface area contributed by atoms with Gasteiger partial charge in [-0.2, -0.15) is 0 Å². The number of aromatic hydroxyl groups is 1. The number of anilines is 1. The molecule has 21 heavy (non-hydrogen) atoms. The van der Waals surface area contributed by atoms with Crippen molar-refractivity contribution in [3.05, 3.63) is 58.1 Å². The van der Waals surface area contributed by atoms with Crippen molar-refractivity contribution in [2.24, 2.45) is 0 Å². The van der Waals surface area contributed by atoms with Crippen LogP contribution in [0.3, 0.4) is 0 Å². The largest absolute Gasteiger partial charge is 0.505 e. The molecule has 3 rings (SSSR count). The number of aryl methyl sites for hydroxylation is 2. The number of benzene rings is 2. The number of hydrogen-bond acceptors (Lipinski definition) is 3. The summed E-state index contributed by atoms with van der Waals surface area (Å²) in [6.45, 7) is 5.41. The first-order chi connectivity index (χ1) is 10.0. The van der Waals surface area contributed by atoms with E-state index in [-0.39, 0.29) is 11.7 Å². The fourth-order valence-corrected chi connectivity index (χ4v) is 2.69. The Morgan fingerprint density at radius 3 is 2.71 bits per heavy atom. The molecule has 0 bridgehead atoms. The molecule has 0 saturated carbocycles. The van der Waals surface area contributed by atoms with Crippen molar-refractivity contribution in [1.82, 2.24) is 5.32 Å². The number of carbonyl (C=O) groups is 1. The molecule has 2 aromatic rings. The number of fused-ring (bicyclic) bond motifs is 1. The van der Waals surface area contributed by atoms with Crippen molar-refractivity contribution in [1.29, 1.82) is 0 Å². The minimum atomic E-state index is -0.204. The number of amides is 1. The van der Waals surface area contributed by atoms with Crippen LogP contribution in [0, 0.1) is 13.8 Å². The fourth-order valence-electron chi connectivity index (χ4n) is 2.69. The van der Waals surface area contributed by atoms with Gasteiger partial charge in [-0.25, -0.2) is 0 Å². The second kappa shape index (κ2) is 5.22. The summed E-state index contributed by atoms with van der Waals surface area (Å²) >= 11 is 0. The fraction of sp³-hybridized carbons (Fsp3) is 0.235. The Labute approximate surface area is 123 Å². The Morgan fingerprint density at radius 1 is 1.14 bits per heavy atom. The van der Waals surface area contributed by atoms with Gasteiger partial charge in [0, 0.05) is 18.7 Å². The molecule has 0 radical (unpaired) electrons. The molecule has 3 N–H and O–H groups in total. The van der Waals surface area contributed by atoms with Gasteiger partial charge in [-0.1, -0.05) is 12.1 Å². The Hall–Kier alpha value is -2.33. The zero-order chi connectivity index (χ0) is 15.0. The van der Waals surface area contributed by atoms with E-state index in [1.165, 1.54) is 5.56 Å². The summed E-state index contributed by atoms with van der Waals surface area (Å²) in [5.41, 5.74) is 5.21. The topological polar surface area (TPSA) is 61.4 Å². The average Bonchev–Trinajstić information content (AvgIpc) is 2.91. The third-order valence-corrected chi connectivity index (χ3v) is 3.79. The number of nitrogens with one attached hydrogen (secondary N) is 2. The third-order valence-electron chi connectivity index (χ3n) is 3.79. The first kappa shape index (κ1) is 13.6. The van der Waals surface area contributed by atoms with Crippen LogP contribution in [0.4, 0.5) is 5.69 Å². The maximum Gasteiger partial charge on any atom is 0.255 e. The minimum absolute atomic E-state index is 0.122. The van der Waals surface area contributed by atoms with Gasteiger partial charge in [0.15, 0.2) is 0 Å². The lowest BCUT2D eigenvalue weighted by atomic mass is 10.1. The first-order valence-corrected chi connectivity index (χ1v) is 6.98. The zero-order valence-corrected chi connectivity index (χ0v) is 12.2. The lowest BCUT2D eigenvalue weighted by Gasteiger charge is -2.11. The number of carbonyl (C=O) groups excluding carboxylic acids is 1. The maximum absolute atomic E-state index is 12.3. The summed E-state index contributed by atoms with van der Waals surface area (Å²) in [4.78, 5) is 12.3. The van der Waals surface area contributed by atoms with Crippen molar-refractivity contribution < 1.29 is 9.90 Å². The molecule has 2 aromatic carbocycles. The van der Waals surface area contributed by atoms with Crippen molar-refractivity contribution in [2.75, 3.05) is 5.32 Å². The van der Waals surface area contributed by atoms with Gasteiger partial charge in [0.2, 0.25) is 0 Å². The van der Waals surface area contributed by atoms with Crippen LogP contribution in [0.5, 0.6) is 5.75 Å². The van der Waals surface area contributed by atoms with E-state index >= 15 is 0 Å². The van der Waals surface area contributed by atoms with Crippen LogP contribution in [-0.2, 0) is 13.1 Å².